The first-order chi connectivity index (χ1) is 10.6. The highest BCUT2D eigenvalue weighted by atomic mass is 32.2. The maximum atomic E-state index is 5.33. The molecule has 0 bridgehead atoms. The molecule has 1 N–H and O–H groups in total. The molecular weight excluding hydrogens is 298 g/mol. The lowest BCUT2D eigenvalue weighted by Gasteiger charge is -2.21. The van der Waals surface area contributed by atoms with Crippen LogP contribution >= 0.6 is 11.8 Å². The van der Waals surface area contributed by atoms with Gasteiger partial charge in [0.1, 0.15) is 11.6 Å². The third kappa shape index (κ3) is 3.35. The summed E-state index contributed by atoms with van der Waals surface area (Å²) in [5.41, 5.74) is 0.956. The van der Waals surface area contributed by atoms with E-state index in [0.29, 0.717) is 11.8 Å². The van der Waals surface area contributed by atoms with Crippen molar-refractivity contribution in [2.75, 3.05) is 13.1 Å². The molecule has 0 aliphatic carbocycles. The van der Waals surface area contributed by atoms with Gasteiger partial charge in [-0.3, -0.25) is 0 Å². The lowest BCUT2D eigenvalue weighted by atomic mass is 9.99. The fraction of sp³-hybridized carbons (Fsp3) is 0.667. The molecule has 1 aliphatic rings. The predicted molar refractivity (Wildman–Crippen MR) is 86.0 cm³/mol. The summed E-state index contributed by atoms with van der Waals surface area (Å²) in [4.78, 5) is 0. The first-order valence-corrected chi connectivity index (χ1v) is 8.82. The van der Waals surface area contributed by atoms with Gasteiger partial charge in [0.15, 0.2) is 5.16 Å². The Labute approximate surface area is 135 Å². The van der Waals surface area contributed by atoms with E-state index in [1.807, 2.05) is 6.07 Å². The van der Waals surface area contributed by atoms with Gasteiger partial charge in [-0.25, -0.2) is 0 Å². The van der Waals surface area contributed by atoms with Crippen molar-refractivity contribution in [3.05, 3.63) is 23.3 Å². The average Bonchev–Trinajstić information content (AvgIpc) is 3.13. The topological polar surface area (TPSA) is 68.8 Å². The molecule has 2 aromatic heterocycles. The number of nitrogens with one attached hydrogen (secondary N) is 1. The summed E-state index contributed by atoms with van der Waals surface area (Å²) in [7, 11) is 2.05. The standard InChI is InChI=1S/C15H23N5OS/c1-10(2)13-7-12(19-21-13)9-22-15-18-17-14(20(15)3)11-5-4-6-16-8-11/h7,10-11,16H,4-6,8-9H2,1-3H3. The van der Waals surface area contributed by atoms with Crippen molar-refractivity contribution in [3.8, 4) is 0 Å². The van der Waals surface area contributed by atoms with Gasteiger partial charge >= 0.3 is 0 Å². The number of hydrogen-bond acceptors (Lipinski definition) is 6. The number of hydrogen-bond donors (Lipinski definition) is 1. The lowest BCUT2D eigenvalue weighted by molar-refractivity contribution is 0.367. The van der Waals surface area contributed by atoms with Crippen molar-refractivity contribution in [1.82, 2.24) is 25.2 Å². The summed E-state index contributed by atoms with van der Waals surface area (Å²) in [5, 5.41) is 17.2. The van der Waals surface area contributed by atoms with Gasteiger partial charge in [0.05, 0.1) is 5.69 Å². The monoisotopic (exact) mass is 321 g/mol. The van der Waals surface area contributed by atoms with Crippen LogP contribution in [0.3, 0.4) is 0 Å². The highest BCUT2D eigenvalue weighted by Gasteiger charge is 2.21. The molecule has 1 atom stereocenters. The highest BCUT2D eigenvalue weighted by Crippen LogP contribution is 2.27. The summed E-state index contributed by atoms with van der Waals surface area (Å²) in [6.07, 6.45) is 2.39. The number of nitrogens with zero attached hydrogens (tertiary/aromatic N) is 4. The Morgan fingerprint density at radius 3 is 3.00 bits per heavy atom. The molecule has 3 heterocycles. The largest absolute Gasteiger partial charge is 0.361 e. The molecule has 0 aromatic carbocycles. The number of thioether (sulfide) groups is 1. The van der Waals surface area contributed by atoms with Crippen molar-refractivity contribution < 1.29 is 4.52 Å². The molecule has 1 saturated heterocycles. The minimum Gasteiger partial charge on any atom is -0.361 e. The summed E-state index contributed by atoms with van der Waals surface area (Å²) in [5.74, 6) is 3.61. The van der Waals surface area contributed by atoms with Crippen LogP contribution in [0.2, 0.25) is 0 Å². The van der Waals surface area contributed by atoms with Crippen molar-refractivity contribution in [2.45, 2.75) is 49.4 Å². The molecule has 6 nitrogen and oxygen atoms in total. The van der Waals surface area contributed by atoms with E-state index in [-0.39, 0.29) is 0 Å². The molecule has 1 aliphatic heterocycles. The van der Waals surface area contributed by atoms with Gasteiger partial charge in [0, 0.05) is 37.2 Å². The molecule has 1 unspecified atom stereocenters. The quantitative estimate of drug-likeness (QED) is 0.854. The molecule has 3 rings (SSSR count). The van der Waals surface area contributed by atoms with E-state index in [9.17, 15) is 0 Å². The minimum absolute atomic E-state index is 0.367. The molecule has 0 radical (unpaired) electrons. The molecule has 2 aromatic rings. The van der Waals surface area contributed by atoms with Gasteiger partial charge in [-0.2, -0.15) is 0 Å². The summed E-state index contributed by atoms with van der Waals surface area (Å²) in [6, 6.07) is 2.03. The van der Waals surface area contributed by atoms with Crippen LogP contribution in [0.25, 0.3) is 0 Å². The van der Waals surface area contributed by atoms with Gasteiger partial charge in [0.25, 0.3) is 0 Å². The zero-order valence-electron chi connectivity index (χ0n) is 13.4. The summed E-state index contributed by atoms with van der Waals surface area (Å²) in [6.45, 7) is 6.31. The molecule has 120 valence electrons. The molecule has 7 heteroatoms. The smallest absolute Gasteiger partial charge is 0.191 e. The second kappa shape index (κ2) is 6.83. The summed E-state index contributed by atoms with van der Waals surface area (Å²) >= 11 is 1.66. The second-order valence-electron chi connectivity index (χ2n) is 6.11. The van der Waals surface area contributed by atoms with Gasteiger partial charge in [-0.05, 0) is 19.4 Å². The van der Waals surface area contributed by atoms with Gasteiger partial charge < -0.3 is 14.4 Å². The first kappa shape index (κ1) is 15.6. The molecule has 0 amide bonds. The van der Waals surface area contributed by atoms with Crippen LogP contribution in [-0.4, -0.2) is 33.0 Å². The van der Waals surface area contributed by atoms with Gasteiger partial charge in [-0.15, -0.1) is 10.2 Å². The van der Waals surface area contributed by atoms with E-state index in [0.717, 1.165) is 41.3 Å². The SMILES string of the molecule is CC(C)c1cc(CSc2nnc(C3CCCNC3)n2C)no1. The molecule has 22 heavy (non-hydrogen) atoms. The van der Waals surface area contributed by atoms with E-state index < -0.39 is 0 Å². The van der Waals surface area contributed by atoms with Crippen LogP contribution in [-0.2, 0) is 12.8 Å². The maximum Gasteiger partial charge on any atom is 0.191 e. The van der Waals surface area contributed by atoms with E-state index in [1.165, 1.54) is 12.8 Å². The van der Waals surface area contributed by atoms with E-state index in [2.05, 4.69) is 46.1 Å². The van der Waals surface area contributed by atoms with Crippen molar-refractivity contribution >= 4 is 11.8 Å². The Bertz CT molecular complexity index is 615. The number of piperidine rings is 1. The van der Waals surface area contributed by atoms with Crippen molar-refractivity contribution in [2.24, 2.45) is 7.05 Å². The molecular formula is C15H23N5OS. The van der Waals surface area contributed by atoms with E-state index >= 15 is 0 Å². The third-order valence-electron chi connectivity index (χ3n) is 4.03. The normalized spacial score (nSPS) is 19.0. The van der Waals surface area contributed by atoms with Crippen LogP contribution in [0.4, 0.5) is 0 Å². The lowest BCUT2D eigenvalue weighted by Crippen LogP contribution is -2.29. The number of rotatable bonds is 5. The van der Waals surface area contributed by atoms with Crippen molar-refractivity contribution in [1.29, 1.82) is 0 Å². The maximum absolute atomic E-state index is 5.33. The summed E-state index contributed by atoms with van der Waals surface area (Å²) < 4.78 is 7.45. The van der Waals surface area contributed by atoms with Gasteiger partial charge in [0.2, 0.25) is 0 Å². The molecule has 1 fully saturated rings. The third-order valence-corrected chi connectivity index (χ3v) is 5.08. The molecule has 0 spiro atoms. The van der Waals surface area contributed by atoms with Crippen LogP contribution in [0.15, 0.2) is 15.7 Å². The Morgan fingerprint density at radius 1 is 1.45 bits per heavy atom. The zero-order valence-corrected chi connectivity index (χ0v) is 14.2. The minimum atomic E-state index is 0.367. The first-order valence-electron chi connectivity index (χ1n) is 7.83. The second-order valence-corrected chi connectivity index (χ2v) is 7.05. The van der Waals surface area contributed by atoms with Crippen molar-refractivity contribution in [3.63, 3.8) is 0 Å². The van der Waals surface area contributed by atoms with E-state index in [4.69, 9.17) is 4.52 Å². The van der Waals surface area contributed by atoms with Crippen LogP contribution in [0.1, 0.15) is 55.8 Å². The Hall–Kier alpha value is -1.34. The Morgan fingerprint density at radius 2 is 2.32 bits per heavy atom. The fourth-order valence-electron chi connectivity index (χ4n) is 2.69. The van der Waals surface area contributed by atoms with E-state index in [1.54, 1.807) is 11.8 Å². The molecule has 0 saturated carbocycles. The van der Waals surface area contributed by atoms with Crippen LogP contribution in [0.5, 0.6) is 0 Å². The van der Waals surface area contributed by atoms with Gasteiger partial charge in [-0.1, -0.05) is 30.8 Å². The zero-order chi connectivity index (χ0) is 15.5. The van der Waals surface area contributed by atoms with Crippen LogP contribution < -0.4 is 5.32 Å². The highest BCUT2D eigenvalue weighted by molar-refractivity contribution is 7.98. The predicted octanol–water partition coefficient (Wildman–Crippen LogP) is 2.69. The average molecular weight is 321 g/mol. The Balaban J connectivity index is 1.64. The fourth-order valence-corrected chi connectivity index (χ4v) is 3.49. The number of aromatic nitrogens is 4. The van der Waals surface area contributed by atoms with Crippen LogP contribution in [0, 0.1) is 0 Å². The Kier molecular flexibility index (Phi) is 4.83.